The highest BCUT2D eigenvalue weighted by Gasteiger charge is 2.04. The maximum absolute atomic E-state index is 11.1. The van der Waals surface area contributed by atoms with Crippen LogP contribution in [0.1, 0.15) is 12.5 Å². The Balaban J connectivity index is 2.86. The fourth-order valence-corrected chi connectivity index (χ4v) is 1.16. The van der Waals surface area contributed by atoms with Crippen molar-refractivity contribution in [2.24, 2.45) is 0 Å². The molecule has 0 aliphatic heterocycles. The van der Waals surface area contributed by atoms with Crippen LogP contribution in [-0.4, -0.2) is 24.8 Å². The number of ether oxygens (including phenoxy) is 2. The van der Waals surface area contributed by atoms with Crippen LogP contribution < -0.4 is 4.74 Å². The Hall–Kier alpha value is -1.97. The zero-order valence-corrected chi connectivity index (χ0v) is 9.27. The molecule has 1 aromatic rings. The molecule has 0 unspecified atom stereocenters. The van der Waals surface area contributed by atoms with Crippen LogP contribution in [0.5, 0.6) is 5.75 Å². The average molecular weight is 222 g/mol. The first kappa shape index (κ1) is 12.1. The zero-order valence-electron chi connectivity index (χ0n) is 9.27. The van der Waals surface area contributed by atoms with E-state index in [2.05, 4.69) is 4.74 Å². The summed E-state index contributed by atoms with van der Waals surface area (Å²) in [5.74, 6) is -0.0959. The van der Waals surface area contributed by atoms with Gasteiger partial charge < -0.3 is 14.6 Å². The maximum Gasteiger partial charge on any atom is 0.334 e. The van der Waals surface area contributed by atoms with E-state index >= 15 is 0 Å². The molecule has 4 heteroatoms. The number of esters is 1. The number of carbonyl (C=O) groups excluding carboxylic acids is 1. The Morgan fingerprint density at radius 1 is 1.50 bits per heavy atom. The molecule has 0 saturated heterocycles. The van der Waals surface area contributed by atoms with Gasteiger partial charge in [0.15, 0.2) is 0 Å². The molecule has 0 fully saturated rings. The van der Waals surface area contributed by atoms with Crippen molar-refractivity contribution < 1.29 is 19.4 Å². The molecule has 0 heterocycles. The largest absolute Gasteiger partial charge is 0.507 e. The smallest absolute Gasteiger partial charge is 0.334 e. The standard InChI is InChI=1S/C12H14O4/c1-3-16-12(14)8-11(13)9-5-4-6-10(7-9)15-2/h4-8,13H,3H2,1-2H3. The molecule has 1 rings (SSSR count). The van der Waals surface area contributed by atoms with Crippen LogP contribution in [0.4, 0.5) is 0 Å². The summed E-state index contributed by atoms with van der Waals surface area (Å²) >= 11 is 0. The fourth-order valence-electron chi connectivity index (χ4n) is 1.16. The zero-order chi connectivity index (χ0) is 12.0. The summed E-state index contributed by atoms with van der Waals surface area (Å²) in [6.45, 7) is 1.98. The van der Waals surface area contributed by atoms with Gasteiger partial charge in [0.25, 0.3) is 0 Å². The number of benzene rings is 1. The van der Waals surface area contributed by atoms with Crippen molar-refractivity contribution in [3.63, 3.8) is 0 Å². The highest BCUT2D eigenvalue weighted by molar-refractivity contribution is 5.89. The Bertz CT molecular complexity index is 396. The van der Waals surface area contributed by atoms with Gasteiger partial charge in [-0.3, -0.25) is 0 Å². The molecular formula is C12H14O4. The number of aliphatic hydroxyl groups excluding tert-OH is 1. The Labute approximate surface area is 94.1 Å². The summed E-state index contributed by atoms with van der Waals surface area (Å²) < 4.78 is 9.69. The predicted molar refractivity (Wildman–Crippen MR) is 60.2 cm³/mol. The van der Waals surface area contributed by atoms with E-state index < -0.39 is 5.97 Å². The normalized spacial score (nSPS) is 11.0. The van der Waals surface area contributed by atoms with Gasteiger partial charge in [-0.25, -0.2) is 4.79 Å². The molecule has 0 amide bonds. The van der Waals surface area contributed by atoms with Crippen molar-refractivity contribution in [1.29, 1.82) is 0 Å². The van der Waals surface area contributed by atoms with E-state index in [1.807, 2.05) is 0 Å². The Morgan fingerprint density at radius 3 is 2.88 bits per heavy atom. The minimum atomic E-state index is -0.567. The van der Waals surface area contributed by atoms with Crippen LogP contribution >= 0.6 is 0 Å². The third-order valence-electron chi connectivity index (χ3n) is 1.91. The van der Waals surface area contributed by atoms with Crippen molar-refractivity contribution in [1.82, 2.24) is 0 Å². The van der Waals surface area contributed by atoms with Crippen molar-refractivity contribution in [2.45, 2.75) is 6.92 Å². The van der Waals surface area contributed by atoms with Crippen LogP contribution in [-0.2, 0) is 9.53 Å². The number of rotatable bonds is 4. The van der Waals surface area contributed by atoms with Crippen LogP contribution in [0.2, 0.25) is 0 Å². The third-order valence-corrected chi connectivity index (χ3v) is 1.91. The first-order valence-electron chi connectivity index (χ1n) is 4.89. The molecule has 0 aliphatic rings. The van der Waals surface area contributed by atoms with Gasteiger partial charge in [0.1, 0.15) is 11.5 Å². The summed E-state index contributed by atoms with van der Waals surface area (Å²) in [6.07, 6.45) is 1.04. The van der Waals surface area contributed by atoms with Crippen LogP contribution in [0.15, 0.2) is 30.3 Å². The van der Waals surface area contributed by atoms with E-state index in [1.54, 1.807) is 31.2 Å². The molecule has 16 heavy (non-hydrogen) atoms. The monoisotopic (exact) mass is 222 g/mol. The molecule has 0 radical (unpaired) electrons. The minimum Gasteiger partial charge on any atom is -0.507 e. The number of aliphatic hydroxyl groups is 1. The Kier molecular flexibility index (Phi) is 4.39. The molecule has 86 valence electrons. The van der Waals surface area contributed by atoms with Gasteiger partial charge in [-0.05, 0) is 19.1 Å². The summed E-state index contributed by atoms with van der Waals surface area (Å²) in [6, 6.07) is 6.78. The second-order valence-electron chi connectivity index (χ2n) is 3.01. The molecule has 0 spiro atoms. The highest BCUT2D eigenvalue weighted by atomic mass is 16.5. The molecular weight excluding hydrogens is 208 g/mol. The van der Waals surface area contributed by atoms with Crippen LogP contribution in [0, 0.1) is 0 Å². The fraction of sp³-hybridized carbons (Fsp3) is 0.250. The minimum absolute atomic E-state index is 0.141. The van der Waals surface area contributed by atoms with Gasteiger partial charge in [-0.15, -0.1) is 0 Å². The molecule has 0 saturated carbocycles. The lowest BCUT2D eigenvalue weighted by Crippen LogP contribution is -2.00. The van der Waals surface area contributed by atoms with Gasteiger partial charge in [0.05, 0.1) is 19.8 Å². The number of hydrogen-bond acceptors (Lipinski definition) is 4. The summed E-state index contributed by atoms with van der Waals surface area (Å²) in [5.41, 5.74) is 0.507. The van der Waals surface area contributed by atoms with E-state index in [4.69, 9.17) is 4.74 Å². The van der Waals surface area contributed by atoms with E-state index in [1.165, 1.54) is 7.11 Å². The maximum atomic E-state index is 11.1. The lowest BCUT2D eigenvalue weighted by atomic mass is 10.1. The topological polar surface area (TPSA) is 55.8 Å². The molecule has 4 nitrogen and oxygen atoms in total. The van der Waals surface area contributed by atoms with Gasteiger partial charge in [0.2, 0.25) is 0 Å². The molecule has 0 aromatic heterocycles. The molecule has 1 N–H and O–H groups in total. The van der Waals surface area contributed by atoms with Gasteiger partial charge in [-0.1, -0.05) is 12.1 Å². The second kappa shape index (κ2) is 5.80. The van der Waals surface area contributed by atoms with Crippen molar-refractivity contribution in [2.75, 3.05) is 13.7 Å². The second-order valence-corrected chi connectivity index (χ2v) is 3.01. The van der Waals surface area contributed by atoms with E-state index in [9.17, 15) is 9.90 Å². The molecule has 0 atom stereocenters. The third kappa shape index (κ3) is 3.31. The molecule has 0 aliphatic carbocycles. The van der Waals surface area contributed by atoms with E-state index in [0.29, 0.717) is 11.3 Å². The molecule has 1 aromatic carbocycles. The first-order valence-corrected chi connectivity index (χ1v) is 4.89. The summed E-state index contributed by atoms with van der Waals surface area (Å²) in [5, 5.41) is 9.64. The number of carbonyl (C=O) groups is 1. The summed E-state index contributed by atoms with van der Waals surface area (Å²) in [7, 11) is 1.53. The van der Waals surface area contributed by atoms with Crippen molar-refractivity contribution in [3.05, 3.63) is 35.9 Å². The summed E-state index contributed by atoms with van der Waals surface area (Å²) in [4.78, 5) is 11.1. The predicted octanol–water partition coefficient (Wildman–Crippen LogP) is 2.16. The van der Waals surface area contributed by atoms with E-state index in [-0.39, 0.29) is 12.4 Å². The van der Waals surface area contributed by atoms with Crippen molar-refractivity contribution >= 4 is 11.7 Å². The average Bonchev–Trinajstić information content (AvgIpc) is 2.29. The lowest BCUT2D eigenvalue weighted by molar-refractivity contribution is -0.137. The van der Waals surface area contributed by atoms with Crippen LogP contribution in [0.3, 0.4) is 0 Å². The van der Waals surface area contributed by atoms with Gasteiger partial charge >= 0.3 is 5.97 Å². The van der Waals surface area contributed by atoms with Gasteiger partial charge in [-0.2, -0.15) is 0 Å². The molecule has 0 bridgehead atoms. The highest BCUT2D eigenvalue weighted by Crippen LogP contribution is 2.18. The van der Waals surface area contributed by atoms with Crippen LogP contribution in [0.25, 0.3) is 5.76 Å². The Morgan fingerprint density at radius 2 is 2.25 bits per heavy atom. The SMILES string of the molecule is CCOC(=O)C=C(O)c1cccc(OC)c1. The van der Waals surface area contributed by atoms with Gasteiger partial charge in [0, 0.05) is 5.56 Å². The quantitative estimate of drug-likeness (QED) is 0.482. The first-order chi connectivity index (χ1) is 7.67. The number of methoxy groups -OCH3 is 1. The van der Waals surface area contributed by atoms with Crippen molar-refractivity contribution in [3.8, 4) is 5.75 Å². The number of hydrogen-bond donors (Lipinski definition) is 1. The lowest BCUT2D eigenvalue weighted by Gasteiger charge is -2.03. The van der Waals surface area contributed by atoms with E-state index in [0.717, 1.165) is 6.08 Å².